The molecule has 0 saturated carbocycles. The molecule has 6 nitrogen and oxygen atoms in total. The molecule has 1 aliphatic heterocycles. The molecule has 0 amide bonds. The highest BCUT2D eigenvalue weighted by molar-refractivity contribution is 5.43. The Hall–Kier alpha value is -2.12. The van der Waals surface area contributed by atoms with Crippen molar-refractivity contribution in [3.05, 3.63) is 59.2 Å². The number of likely N-dealkylation sites (N-methyl/N-ethyl adjacent to an activating group) is 1. The van der Waals surface area contributed by atoms with E-state index in [9.17, 15) is 5.11 Å². The summed E-state index contributed by atoms with van der Waals surface area (Å²) in [5.74, 6) is 1.36. The predicted molar refractivity (Wildman–Crippen MR) is 120 cm³/mol. The lowest BCUT2D eigenvalue weighted by molar-refractivity contribution is 0.0498. The number of aliphatic hydroxyl groups is 1. The van der Waals surface area contributed by atoms with Crippen LogP contribution in [0.25, 0.3) is 0 Å². The molecule has 0 spiro atoms. The number of β-amino-alcohol motifs (C(OH)–C–C–N with tert-alkyl or cyclic N) is 1. The molecule has 30 heavy (non-hydrogen) atoms. The van der Waals surface area contributed by atoms with Crippen LogP contribution < -0.4 is 14.8 Å². The summed E-state index contributed by atoms with van der Waals surface area (Å²) in [5, 5.41) is 13.9. The summed E-state index contributed by atoms with van der Waals surface area (Å²) < 4.78 is 11.4. The predicted octanol–water partition coefficient (Wildman–Crippen LogP) is 2.28. The van der Waals surface area contributed by atoms with Gasteiger partial charge in [0, 0.05) is 45.8 Å². The second kappa shape index (κ2) is 11.3. The third-order valence-corrected chi connectivity index (χ3v) is 5.46. The van der Waals surface area contributed by atoms with Gasteiger partial charge in [-0.1, -0.05) is 35.9 Å². The number of hydrogen-bond acceptors (Lipinski definition) is 6. The molecule has 1 atom stereocenters. The van der Waals surface area contributed by atoms with E-state index < -0.39 is 6.10 Å². The molecule has 1 saturated heterocycles. The molecule has 0 radical (unpaired) electrons. The molecule has 0 aliphatic carbocycles. The number of aryl methyl sites for hydroxylation is 1. The number of benzene rings is 2. The minimum atomic E-state index is -0.527. The summed E-state index contributed by atoms with van der Waals surface area (Å²) in [5.41, 5.74) is 3.66. The molecular formula is C24H35N3O3. The highest BCUT2D eigenvalue weighted by atomic mass is 16.5. The Morgan fingerprint density at radius 1 is 1.00 bits per heavy atom. The number of rotatable bonds is 10. The Balaban J connectivity index is 1.49. The zero-order chi connectivity index (χ0) is 21.3. The lowest BCUT2D eigenvalue weighted by atomic mass is 10.1. The molecule has 0 bridgehead atoms. The monoisotopic (exact) mass is 413 g/mol. The smallest absolute Gasteiger partial charge is 0.161 e. The highest BCUT2D eigenvalue weighted by Crippen LogP contribution is 2.28. The fourth-order valence-electron chi connectivity index (χ4n) is 3.68. The Morgan fingerprint density at radius 3 is 2.43 bits per heavy atom. The van der Waals surface area contributed by atoms with Crippen LogP contribution in [0.4, 0.5) is 0 Å². The van der Waals surface area contributed by atoms with Gasteiger partial charge in [0.1, 0.15) is 12.7 Å². The normalized spacial score (nSPS) is 16.4. The van der Waals surface area contributed by atoms with Gasteiger partial charge in [-0.2, -0.15) is 0 Å². The Kier molecular flexibility index (Phi) is 8.51. The van der Waals surface area contributed by atoms with Gasteiger partial charge in [0.05, 0.1) is 7.11 Å². The van der Waals surface area contributed by atoms with Crippen molar-refractivity contribution in [2.24, 2.45) is 0 Å². The van der Waals surface area contributed by atoms with Gasteiger partial charge in [0.15, 0.2) is 11.5 Å². The number of aliphatic hydroxyl groups excluding tert-OH is 1. The largest absolute Gasteiger partial charge is 0.493 e. The van der Waals surface area contributed by atoms with E-state index in [1.807, 2.05) is 18.2 Å². The first-order valence-corrected chi connectivity index (χ1v) is 10.7. The van der Waals surface area contributed by atoms with E-state index in [1.165, 1.54) is 11.1 Å². The average Bonchev–Trinajstić information content (AvgIpc) is 2.74. The number of hydrogen-bond donors (Lipinski definition) is 2. The summed E-state index contributed by atoms with van der Waals surface area (Å²) in [7, 11) is 3.77. The minimum absolute atomic E-state index is 0.253. The summed E-state index contributed by atoms with van der Waals surface area (Å²) in [6.07, 6.45) is -0.527. The lowest BCUT2D eigenvalue weighted by Crippen LogP contribution is -2.47. The Labute approximate surface area is 180 Å². The molecule has 2 aromatic carbocycles. The third kappa shape index (κ3) is 6.99. The summed E-state index contributed by atoms with van der Waals surface area (Å²) in [4.78, 5) is 4.60. The summed E-state index contributed by atoms with van der Waals surface area (Å²) in [6.45, 7) is 8.59. The van der Waals surface area contributed by atoms with Crippen LogP contribution >= 0.6 is 0 Å². The van der Waals surface area contributed by atoms with E-state index in [-0.39, 0.29) is 6.61 Å². The van der Waals surface area contributed by atoms with E-state index in [2.05, 4.69) is 53.4 Å². The van der Waals surface area contributed by atoms with Crippen molar-refractivity contribution in [2.45, 2.75) is 26.1 Å². The fraction of sp³-hybridized carbons (Fsp3) is 0.500. The first-order valence-electron chi connectivity index (χ1n) is 10.7. The number of nitrogens with zero attached hydrogens (tertiary/aromatic N) is 2. The molecular weight excluding hydrogens is 378 g/mol. The quantitative estimate of drug-likeness (QED) is 0.623. The summed E-state index contributed by atoms with van der Waals surface area (Å²) in [6, 6.07) is 14.5. The maximum atomic E-state index is 10.4. The van der Waals surface area contributed by atoms with Crippen molar-refractivity contribution in [2.75, 3.05) is 53.5 Å². The van der Waals surface area contributed by atoms with Crippen LogP contribution in [0.2, 0.25) is 0 Å². The molecule has 1 heterocycles. The number of ether oxygens (including phenoxy) is 2. The van der Waals surface area contributed by atoms with E-state index in [0.717, 1.165) is 44.8 Å². The molecule has 1 aliphatic rings. The lowest BCUT2D eigenvalue weighted by Gasteiger charge is -2.33. The molecule has 3 rings (SSSR count). The Bertz CT molecular complexity index is 791. The van der Waals surface area contributed by atoms with Gasteiger partial charge < -0.3 is 24.8 Å². The number of methoxy groups -OCH3 is 1. The number of piperazine rings is 1. The molecule has 2 N–H and O–H groups in total. The van der Waals surface area contributed by atoms with Crippen LogP contribution in [-0.2, 0) is 13.1 Å². The minimum Gasteiger partial charge on any atom is -0.493 e. The van der Waals surface area contributed by atoms with Gasteiger partial charge >= 0.3 is 0 Å². The first kappa shape index (κ1) is 22.6. The van der Waals surface area contributed by atoms with Crippen LogP contribution in [0.15, 0.2) is 42.5 Å². The van der Waals surface area contributed by atoms with Gasteiger partial charge in [0.25, 0.3) is 0 Å². The van der Waals surface area contributed by atoms with Crippen LogP contribution in [0.1, 0.15) is 16.7 Å². The van der Waals surface area contributed by atoms with Crippen molar-refractivity contribution in [3.8, 4) is 11.5 Å². The van der Waals surface area contributed by atoms with E-state index in [0.29, 0.717) is 18.0 Å². The van der Waals surface area contributed by atoms with Crippen LogP contribution in [0, 0.1) is 6.92 Å². The third-order valence-electron chi connectivity index (χ3n) is 5.46. The van der Waals surface area contributed by atoms with Gasteiger partial charge in [-0.3, -0.25) is 4.90 Å². The van der Waals surface area contributed by atoms with Crippen molar-refractivity contribution in [1.82, 2.24) is 15.1 Å². The van der Waals surface area contributed by atoms with Crippen molar-refractivity contribution in [1.29, 1.82) is 0 Å². The zero-order valence-electron chi connectivity index (χ0n) is 18.4. The molecule has 164 valence electrons. The Morgan fingerprint density at radius 2 is 1.73 bits per heavy atom. The van der Waals surface area contributed by atoms with Crippen molar-refractivity contribution >= 4 is 0 Å². The van der Waals surface area contributed by atoms with E-state index in [4.69, 9.17) is 9.47 Å². The van der Waals surface area contributed by atoms with Crippen LogP contribution in [0.5, 0.6) is 11.5 Å². The highest BCUT2D eigenvalue weighted by Gasteiger charge is 2.18. The fourth-order valence-corrected chi connectivity index (χ4v) is 3.68. The maximum Gasteiger partial charge on any atom is 0.161 e. The van der Waals surface area contributed by atoms with E-state index in [1.54, 1.807) is 7.11 Å². The van der Waals surface area contributed by atoms with Gasteiger partial charge in [0.2, 0.25) is 0 Å². The zero-order valence-corrected chi connectivity index (χ0v) is 18.4. The number of nitrogens with one attached hydrogen (secondary N) is 1. The van der Waals surface area contributed by atoms with Gasteiger partial charge in [-0.25, -0.2) is 0 Å². The second-order valence-electron chi connectivity index (χ2n) is 8.15. The topological polar surface area (TPSA) is 57.2 Å². The SMILES string of the molecule is COc1ccc(CNCc2cccc(C)c2)cc1OCC(O)CN1CCN(C)CC1. The molecule has 2 aromatic rings. The molecule has 1 fully saturated rings. The first-order chi connectivity index (χ1) is 14.5. The molecule has 6 heteroatoms. The second-order valence-corrected chi connectivity index (χ2v) is 8.15. The molecule has 0 aromatic heterocycles. The summed E-state index contributed by atoms with van der Waals surface area (Å²) >= 11 is 0. The van der Waals surface area contributed by atoms with Gasteiger partial charge in [-0.05, 0) is 37.2 Å². The standard InChI is InChI=1S/C24H35N3O3/c1-19-5-4-6-20(13-19)15-25-16-21-7-8-23(29-3)24(14-21)30-18-22(28)17-27-11-9-26(2)10-12-27/h4-8,13-14,22,25,28H,9-12,15-18H2,1-3H3. The van der Waals surface area contributed by atoms with E-state index >= 15 is 0 Å². The van der Waals surface area contributed by atoms with Crippen molar-refractivity contribution < 1.29 is 14.6 Å². The van der Waals surface area contributed by atoms with Crippen LogP contribution in [-0.4, -0.2) is 74.5 Å². The van der Waals surface area contributed by atoms with Crippen LogP contribution in [0.3, 0.4) is 0 Å². The average molecular weight is 414 g/mol. The maximum absolute atomic E-state index is 10.4. The van der Waals surface area contributed by atoms with Crippen molar-refractivity contribution in [3.63, 3.8) is 0 Å². The molecule has 1 unspecified atom stereocenters. The van der Waals surface area contributed by atoms with Gasteiger partial charge in [-0.15, -0.1) is 0 Å².